The highest BCUT2D eigenvalue weighted by molar-refractivity contribution is 7.99. The maximum Gasteiger partial charge on any atom is 0.272 e. The molecule has 0 atom stereocenters. The first-order valence-corrected chi connectivity index (χ1v) is 9.13. The first-order valence-electron chi connectivity index (χ1n) is 8.31. The van der Waals surface area contributed by atoms with E-state index < -0.39 is 5.92 Å². The zero-order chi connectivity index (χ0) is 19.7. The summed E-state index contributed by atoms with van der Waals surface area (Å²) in [6.45, 7) is 0.822. The van der Waals surface area contributed by atoms with Crippen LogP contribution in [0.25, 0.3) is 22.3 Å². The second-order valence-corrected chi connectivity index (χ2v) is 7.19. The van der Waals surface area contributed by atoms with Crippen LogP contribution in [-0.4, -0.2) is 19.9 Å². The molecule has 0 aliphatic rings. The molecular formula is C20H13F2N5S. The van der Waals surface area contributed by atoms with E-state index in [9.17, 15) is 14.0 Å². The van der Waals surface area contributed by atoms with Crippen molar-refractivity contribution in [2.45, 2.75) is 22.9 Å². The van der Waals surface area contributed by atoms with E-state index in [1.165, 1.54) is 24.0 Å². The maximum atomic E-state index is 13.7. The average molecular weight is 393 g/mol. The number of aromatic amines is 1. The Labute approximate surface area is 163 Å². The molecule has 1 aromatic carbocycles. The predicted molar refractivity (Wildman–Crippen MR) is 102 cm³/mol. The Morgan fingerprint density at radius 2 is 1.93 bits per heavy atom. The van der Waals surface area contributed by atoms with E-state index in [0.717, 1.165) is 18.0 Å². The second-order valence-electron chi connectivity index (χ2n) is 6.15. The van der Waals surface area contributed by atoms with Crippen LogP contribution in [0, 0.1) is 11.3 Å². The maximum absolute atomic E-state index is 13.7. The predicted octanol–water partition coefficient (Wildman–Crippen LogP) is 5.15. The molecule has 3 heterocycles. The van der Waals surface area contributed by atoms with Crippen LogP contribution in [0.15, 0.2) is 65.0 Å². The zero-order valence-corrected chi connectivity index (χ0v) is 15.5. The number of hydrogen-bond donors (Lipinski definition) is 1. The lowest BCUT2D eigenvalue weighted by Gasteiger charge is -2.10. The Morgan fingerprint density at radius 1 is 1.14 bits per heavy atom. The number of halogens is 2. The fraction of sp³-hybridized carbons (Fsp3) is 0.100. The van der Waals surface area contributed by atoms with E-state index in [1.54, 1.807) is 6.20 Å². The summed E-state index contributed by atoms with van der Waals surface area (Å²) in [5, 5.41) is 10.4. The van der Waals surface area contributed by atoms with Crippen molar-refractivity contribution in [2.75, 3.05) is 0 Å². The van der Waals surface area contributed by atoms with Crippen LogP contribution in [0.1, 0.15) is 18.1 Å². The third kappa shape index (κ3) is 3.44. The lowest BCUT2D eigenvalue weighted by atomic mass is 10.1. The minimum Gasteiger partial charge on any atom is -0.345 e. The molecule has 0 spiro atoms. The molecule has 0 saturated carbocycles. The molecule has 0 aliphatic carbocycles. The number of nitriles is 1. The number of hydrogen-bond acceptors (Lipinski definition) is 5. The van der Waals surface area contributed by atoms with Gasteiger partial charge in [-0.25, -0.2) is 23.7 Å². The molecule has 4 aromatic rings. The van der Waals surface area contributed by atoms with Gasteiger partial charge in [0.05, 0.1) is 11.3 Å². The van der Waals surface area contributed by atoms with Crippen molar-refractivity contribution < 1.29 is 8.78 Å². The highest BCUT2D eigenvalue weighted by Crippen LogP contribution is 2.34. The second kappa shape index (κ2) is 7.02. The van der Waals surface area contributed by atoms with E-state index in [1.807, 2.05) is 30.3 Å². The molecule has 28 heavy (non-hydrogen) atoms. The van der Waals surface area contributed by atoms with Gasteiger partial charge in [0.2, 0.25) is 0 Å². The van der Waals surface area contributed by atoms with Crippen molar-refractivity contribution in [1.29, 1.82) is 5.26 Å². The van der Waals surface area contributed by atoms with Gasteiger partial charge in [0.1, 0.15) is 11.7 Å². The number of rotatable bonds is 4. The van der Waals surface area contributed by atoms with Gasteiger partial charge in [-0.1, -0.05) is 18.2 Å². The molecule has 0 aliphatic heterocycles. The first kappa shape index (κ1) is 18.1. The Balaban J connectivity index is 1.84. The number of nitrogens with zero attached hydrogens (tertiary/aromatic N) is 4. The van der Waals surface area contributed by atoms with Crippen LogP contribution in [0.5, 0.6) is 0 Å². The monoisotopic (exact) mass is 393 g/mol. The molecule has 1 N–H and O–H groups in total. The topological polar surface area (TPSA) is 78.2 Å². The molecule has 0 bridgehead atoms. The standard InChI is InChI=1S/C20H13F2N5S/c1-20(21,22)13-7-15-16(11-25-18(15)24-10-13)17-12(8-23)9-26-19(27-17)28-14-5-3-2-4-6-14/h2-7,9-11H,1H3,(H,24,25). The largest absolute Gasteiger partial charge is 0.345 e. The van der Waals surface area contributed by atoms with Gasteiger partial charge in [0.15, 0.2) is 5.16 Å². The number of pyridine rings is 1. The quantitative estimate of drug-likeness (QED) is 0.485. The zero-order valence-electron chi connectivity index (χ0n) is 14.6. The summed E-state index contributed by atoms with van der Waals surface area (Å²) in [7, 11) is 0. The van der Waals surface area contributed by atoms with Gasteiger partial charge >= 0.3 is 0 Å². The van der Waals surface area contributed by atoms with Crippen molar-refractivity contribution in [2.24, 2.45) is 0 Å². The van der Waals surface area contributed by atoms with Crippen LogP contribution >= 0.6 is 11.8 Å². The molecule has 3 aromatic heterocycles. The molecule has 8 heteroatoms. The summed E-state index contributed by atoms with van der Waals surface area (Å²) in [6, 6.07) is 13.0. The molecule has 5 nitrogen and oxygen atoms in total. The summed E-state index contributed by atoms with van der Waals surface area (Å²) < 4.78 is 27.5. The first-order chi connectivity index (χ1) is 13.5. The Morgan fingerprint density at radius 3 is 2.64 bits per heavy atom. The lowest BCUT2D eigenvalue weighted by molar-refractivity contribution is 0.0173. The Bertz CT molecular complexity index is 1190. The SMILES string of the molecule is CC(F)(F)c1cnc2[nH]cc(-c3nc(Sc4ccccc4)ncc3C#N)c2c1. The van der Waals surface area contributed by atoms with Gasteiger partial charge in [-0.3, -0.25) is 0 Å². The third-order valence-electron chi connectivity index (χ3n) is 4.13. The lowest BCUT2D eigenvalue weighted by Crippen LogP contribution is -2.07. The summed E-state index contributed by atoms with van der Waals surface area (Å²) in [5.74, 6) is -3.02. The number of alkyl halides is 2. The smallest absolute Gasteiger partial charge is 0.272 e. The van der Waals surface area contributed by atoms with Gasteiger partial charge < -0.3 is 4.98 Å². The molecular weight excluding hydrogens is 380 g/mol. The fourth-order valence-electron chi connectivity index (χ4n) is 2.74. The van der Waals surface area contributed by atoms with Gasteiger partial charge in [-0.15, -0.1) is 0 Å². The van der Waals surface area contributed by atoms with Gasteiger partial charge in [0, 0.05) is 46.9 Å². The van der Waals surface area contributed by atoms with Gasteiger partial charge in [-0.2, -0.15) is 5.26 Å². The van der Waals surface area contributed by atoms with E-state index in [4.69, 9.17) is 0 Å². The van der Waals surface area contributed by atoms with Crippen molar-refractivity contribution in [3.8, 4) is 17.3 Å². The Hall–Kier alpha value is -3.31. The number of H-pyrrole nitrogens is 1. The number of nitrogens with one attached hydrogen (secondary N) is 1. The van der Waals surface area contributed by atoms with Crippen LogP contribution in [0.3, 0.4) is 0 Å². The van der Waals surface area contributed by atoms with E-state index in [2.05, 4.69) is 26.0 Å². The highest BCUT2D eigenvalue weighted by atomic mass is 32.2. The van der Waals surface area contributed by atoms with Crippen molar-refractivity contribution in [3.63, 3.8) is 0 Å². The normalized spacial score (nSPS) is 11.5. The van der Waals surface area contributed by atoms with Gasteiger partial charge in [-0.05, 0) is 30.0 Å². The van der Waals surface area contributed by atoms with Crippen LogP contribution in [-0.2, 0) is 5.92 Å². The minimum absolute atomic E-state index is 0.202. The van der Waals surface area contributed by atoms with E-state index >= 15 is 0 Å². The molecule has 0 saturated heterocycles. The summed E-state index contributed by atoms with van der Waals surface area (Å²) >= 11 is 1.35. The summed E-state index contributed by atoms with van der Waals surface area (Å²) in [4.78, 5) is 16.7. The highest BCUT2D eigenvalue weighted by Gasteiger charge is 2.26. The van der Waals surface area contributed by atoms with E-state index in [0.29, 0.717) is 27.4 Å². The number of aromatic nitrogens is 4. The van der Waals surface area contributed by atoms with E-state index in [-0.39, 0.29) is 11.1 Å². The molecule has 0 amide bonds. The number of fused-ring (bicyclic) bond motifs is 1. The molecule has 0 radical (unpaired) electrons. The number of benzene rings is 1. The van der Waals surface area contributed by atoms with Crippen molar-refractivity contribution in [3.05, 3.63) is 66.1 Å². The molecule has 0 unspecified atom stereocenters. The minimum atomic E-state index is -3.02. The average Bonchev–Trinajstić information content (AvgIpc) is 3.11. The molecule has 4 rings (SSSR count). The molecule has 0 fully saturated rings. The van der Waals surface area contributed by atoms with Gasteiger partial charge in [0.25, 0.3) is 5.92 Å². The van der Waals surface area contributed by atoms with Crippen molar-refractivity contribution in [1.82, 2.24) is 19.9 Å². The van der Waals surface area contributed by atoms with Crippen molar-refractivity contribution >= 4 is 22.8 Å². The fourth-order valence-corrected chi connectivity index (χ4v) is 3.48. The Kier molecular flexibility index (Phi) is 4.53. The van der Waals surface area contributed by atoms with Crippen LogP contribution < -0.4 is 0 Å². The van der Waals surface area contributed by atoms with Crippen LogP contribution in [0.2, 0.25) is 0 Å². The van der Waals surface area contributed by atoms with Crippen LogP contribution in [0.4, 0.5) is 8.78 Å². The molecule has 138 valence electrons. The summed E-state index contributed by atoms with van der Waals surface area (Å²) in [6.07, 6.45) is 4.21. The third-order valence-corrected chi connectivity index (χ3v) is 5.02. The summed E-state index contributed by atoms with van der Waals surface area (Å²) in [5.41, 5.74) is 1.41.